The maximum absolute atomic E-state index is 5.56. The summed E-state index contributed by atoms with van der Waals surface area (Å²) in [5.41, 5.74) is 2.03. The summed E-state index contributed by atoms with van der Waals surface area (Å²) in [5.74, 6) is 1.53. The first-order valence-corrected chi connectivity index (χ1v) is 5.70. The number of aryl methyl sites for hydroxylation is 1. The molecule has 0 saturated carbocycles. The fourth-order valence-corrected chi connectivity index (χ4v) is 1.51. The summed E-state index contributed by atoms with van der Waals surface area (Å²) in [6.07, 6.45) is 1.68. The molecule has 0 unspecified atom stereocenters. The van der Waals surface area contributed by atoms with E-state index in [0.717, 1.165) is 30.1 Å². The summed E-state index contributed by atoms with van der Waals surface area (Å²) >= 11 is 0. The number of H-pyrrole nitrogens is 1. The third-order valence-corrected chi connectivity index (χ3v) is 2.43. The number of hydrogen-bond acceptors (Lipinski definition) is 4. The lowest BCUT2D eigenvalue weighted by molar-refractivity contribution is 0.289. The summed E-state index contributed by atoms with van der Waals surface area (Å²) < 4.78 is 11.0. The van der Waals surface area contributed by atoms with Crippen molar-refractivity contribution in [2.45, 2.75) is 27.0 Å². The van der Waals surface area contributed by atoms with Crippen molar-refractivity contribution in [2.24, 2.45) is 0 Å². The molecule has 0 aliphatic carbocycles. The van der Waals surface area contributed by atoms with Gasteiger partial charge in [-0.05, 0) is 19.5 Å². The number of furan rings is 1. The van der Waals surface area contributed by atoms with Crippen LogP contribution in [0.1, 0.15) is 23.9 Å². The minimum Gasteiger partial charge on any atom is -0.472 e. The van der Waals surface area contributed by atoms with E-state index in [1.807, 2.05) is 19.1 Å². The molecule has 17 heavy (non-hydrogen) atoms. The predicted molar refractivity (Wildman–Crippen MR) is 63.7 cm³/mol. The van der Waals surface area contributed by atoms with Crippen LogP contribution in [0.15, 0.2) is 22.8 Å². The van der Waals surface area contributed by atoms with Gasteiger partial charge in [0, 0.05) is 17.3 Å². The Morgan fingerprint density at radius 2 is 2.41 bits per heavy atom. The fourth-order valence-electron chi connectivity index (χ4n) is 1.51. The van der Waals surface area contributed by atoms with Crippen LogP contribution in [0.4, 0.5) is 0 Å². The quantitative estimate of drug-likeness (QED) is 0.803. The van der Waals surface area contributed by atoms with Crippen molar-refractivity contribution < 1.29 is 9.15 Å². The Morgan fingerprint density at radius 1 is 1.53 bits per heavy atom. The number of nitrogens with one attached hydrogen (secondary N) is 2. The van der Waals surface area contributed by atoms with Gasteiger partial charge in [0.1, 0.15) is 12.4 Å². The molecular weight excluding hydrogens is 218 g/mol. The Bertz CT molecular complexity index is 462. The van der Waals surface area contributed by atoms with E-state index in [1.165, 1.54) is 0 Å². The molecule has 0 radical (unpaired) electrons. The first-order valence-electron chi connectivity index (χ1n) is 5.70. The van der Waals surface area contributed by atoms with Gasteiger partial charge in [-0.15, -0.1) is 5.10 Å². The zero-order chi connectivity index (χ0) is 12.1. The number of aromatic amines is 1. The van der Waals surface area contributed by atoms with Crippen molar-refractivity contribution in [3.05, 3.63) is 35.4 Å². The van der Waals surface area contributed by atoms with Gasteiger partial charge in [-0.25, -0.2) is 0 Å². The number of ether oxygens (including phenoxy) is 1. The Morgan fingerprint density at radius 3 is 3.12 bits per heavy atom. The van der Waals surface area contributed by atoms with E-state index in [-0.39, 0.29) is 0 Å². The molecule has 2 aromatic heterocycles. The topological polar surface area (TPSA) is 63.1 Å². The first kappa shape index (κ1) is 11.7. The maximum atomic E-state index is 5.56. The highest BCUT2D eigenvalue weighted by molar-refractivity contribution is 5.18. The van der Waals surface area contributed by atoms with Crippen molar-refractivity contribution in [1.82, 2.24) is 15.5 Å². The van der Waals surface area contributed by atoms with E-state index >= 15 is 0 Å². The average Bonchev–Trinajstić information content (AvgIpc) is 2.92. The SMILES string of the molecule is CCNCc1occc1COc1cc(C)[nH]n1. The lowest BCUT2D eigenvalue weighted by atomic mass is 10.2. The molecule has 0 spiro atoms. The van der Waals surface area contributed by atoms with E-state index in [4.69, 9.17) is 9.15 Å². The summed E-state index contributed by atoms with van der Waals surface area (Å²) in [5, 5.41) is 10.1. The van der Waals surface area contributed by atoms with Gasteiger partial charge in [0.25, 0.3) is 0 Å². The molecule has 2 aromatic rings. The molecule has 5 nitrogen and oxygen atoms in total. The number of nitrogens with zero attached hydrogens (tertiary/aromatic N) is 1. The van der Waals surface area contributed by atoms with Crippen molar-refractivity contribution in [3.8, 4) is 5.88 Å². The molecule has 92 valence electrons. The van der Waals surface area contributed by atoms with Crippen molar-refractivity contribution >= 4 is 0 Å². The maximum Gasteiger partial charge on any atom is 0.233 e. The van der Waals surface area contributed by atoms with Crippen molar-refractivity contribution in [1.29, 1.82) is 0 Å². The second-order valence-corrected chi connectivity index (χ2v) is 3.83. The molecule has 0 aliphatic heterocycles. The Kier molecular flexibility index (Phi) is 3.82. The minimum atomic E-state index is 0.474. The number of rotatable bonds is 6. The number of aromatic nitrogens is 2. The minimum absolute atomic E-state index is 0.474. The first-order chi connectivity index (χ1) is 8.29. The third-order valence-electron chi connectivity index (χ3n) is 2.43. The van der Waals surface area contributed by atoms with Gasteiger partial charge in [-0.3, -0.25) is 5.10 Å². The predicted octanol–water partition coefficient (Wildman–Crippen LogP) is 2.00. The van der Waals surface area contributed by atoms with E-state index < -0.39 is 0 Å². The summed E-state index contributed by atoms with van der Waals surface area (Å²) in [6, 6.07) is 3.79. The molecule has 2 heterocycles. The normalized spacial score (nSPS) is 10.7. The Hall–Kier alpha value is -1.75. The molecule has 0 saturated heterocycles. The van der Waals surface area contributed by atoms with Gasteiger partial charge in [-0.2, -0.15) is 0 Å². The molecule has 0 atom stereocenters. The Balaban J connectivity index is 1.92. The summed E-state index contributed by atoms with van der Waals surface area (Å²) in [6.45, 7) is 6.11. The summed E-state index contributed by atoms with van der Waals surface area (Å²) in [7, 11) is 0. The zero-order valence-corrected chi connectivity index (χ0v) is 10.1. The van der Waals surface area contributed by atoms with Crippen LogP contribution < -0.4 is 10.1 Å². The van der Waals surface area contributed by atoms with Crippen LogP contribution in [-0.4, -0.2) is 16.7 Å². The average molecular weight is 235 g/mol. The van der Waals surface area contributed by atoms with Crippen molar-refractivity contribution in [2.75, 3.05) is 6.54 Å². The van der Waals surface area contributed by atoms with Crippen LogP contribution >= 0.6 is 0 Å². The Labute approximate surface area is 100 Å². The number of hydrogen-bond donors (Lipinski definition) is 2. The highest BCUT2D eigenvalue weighted by atomic mass is 16.5. The second kappa shape index (κ2) is 5.54. The summed E-state index contributed by atoms with van der Waals surface area (Å²) in [4.78, 5) is 0. The van der Waals surface area contributed by atoms with Crippen LogP contribution in [0.5, 0.6) is 5.88 Å². The van der Waals surface area contributed by atoms with E-state index in [0.29, 0.717) is 12.5 Å². The molecule has 0 aliphatic rings. The van der Waals surface area contributed by atoms with E-state index in [1.54, 1.807) is 6.26 Å². The van der Waals surface area contributed by atoms with Gasteiger partial charge in [-0.1, -0.05) is 6.92 Å². The van der Waals surface area contributed by atoms with Gasteiger partial charge in [0.15, 0.2) is 0 Å². The molecule has 0 fully saturated rings. The smallest absolute Gasteiger partial charge is 0.233 e. The molecule has 2 N–H and O–H groups in total. The van der Waals surface area contributed by atoms with Gasteiger partial charge in [0.2, 0.25) is 5.88 Å². The standard InChI is InChI=1S/C12H17N3O2/c1-3-13-7-11-10(4-5-16-11)8-17-12-6-9(2)14-15-12/h4-6,13H,3,7-8H2,1-2H3,(H,14,15). The van der Waals surface area contributed by atoms with E-state index in [2.05, 4.69) is 22.4 Å². The van der Waals surface area contributed by atoms with Crippen molar-refractivity contribution in [3.63, 3.8) is 0 Å². The molecule has 0 bridgehead atoms. The van der Waals surface area contributed by atoms with Crippen LogP contribution in [-0.2, 0) is 13.2 Å². The zero-order valence-electron chi connectivity index (χ0n) is 10.1. The molecule has 5 heteroatoms. The van der Waals surface area contributed by atoms with Crippen LogP contribution in [0.25, 0.3) is 0 Å². The highest BCUT2D eigenvalue weighted by Gasteiger charge is 2.07. The van der Waals surface area contributed by atoms with Crippen LogP contribution in [0.3, 0.4) is 0 Å². The monoisotopic (exact) mass is 235 g/mol. The van der Waals surface area contributed by atoms with Crippen LogP contribution in [0, 0.1) is 6.92 Å². The van der Waals surface area contributed by atoms with Gasteiger partial charge >= 0.3 is 0 Å². The van der Waals surface area contributed by atoms with E-state index in [9.17, 15) is 0 Å². The second-order valence-electron chi connectivity index (χ2n) is 3.83. The lowest BCUT2D eigenvalue weighted by Gasteiger charge is -2.03. The highest BCUT2D eigenvalue weighted by Crippen LogP contribution is 2.14. The van der Waals surface area contributed by atoms with Gasteiger partial charge < -0.3 is 14.5 Å². The van der Waals surface area contributed by atoms with Crippen LogP contribution in [0.2, 0.25) is 0 Å². The third kappa shape index (κ3) is 3.10. The molecule has 0 aromatic carbocycles. The fraction of sp³-hybridized carbons (Fsp3) is 0.417. The lowest BCUT2D eigenvalue weighted by Crippen LogP contribution is -2.12. The van der Waals surface area contributed by atoms with Gasteiger partial charge in [0.05, 0.1) is 12.8 Å². The largest absolute Gasteiger partial charge is 0.472 e. The molecule has 0 amide bonds. The molecular formula is C12H17N3O2. The molecule has 2 rings (SSSR count).